The second kappa shape index (κ2) is 5.71. The number of aromatic nitrogens is 2. The van der Waals surface area contributed by atoms with Crippen molar-refractivity contribution in [2.75, 3.05) is 6.61 Å². The lowest BCUT2D eigenvalue weighted by Gasteiger charge is -2.02. The lowest BCUT2D eigenvalue weighted by atomic mass is 10.2. The van der Waals surface area contributed by atoms with Crippen molar-refractivity contribution in [3.63, 3.8) is 0 Å². The van der Waals surface area contributed by atoms with Crippen molar-refractivity contribution in [2.45, 2.75) is 13.0 Å². The van der Waals surface area contributed by atoms with Crippen LogP contribution in [0.3, 0.4) is 0 Å². The molecule has 2 heterocycles. The van der Waals surface area contributed by atoms with Gasteiger partial charge in [0, 0.05) is 12.5 Å². The highest BCUT2D eigenvalue weighted by molar-refractivity contribution is 5.69. The zero-order valence-electron chi connectivity index (χ0n) is 10.9. The van der Waals surface area contributed by atoms with E-state index in [9.17, 15) is 5.21 Å². The van der Waals surface area contributed by atoms with Crippen LogP contribution in [0.1, 0.15) is 11.5 Å². The summed E-state index contributed by atoms with van der Waals surface area (Å²) in [7, 11) is 0. The van der Waals surface area contributed by atoms with E-state index in [1.165, 1.54) is 12.4 Å². The molecule has 2 aromatic heterocycles. The van der Waals surface area contributed by atoms with Crippen LogP contribution in [-0.4, -0.2) is 11.6 Å². The fourth-order valence-electron chi connectivity index (χ4n) is 1.94. The van der Waals surface area contributed by atoms with Gasteiger partial charge in [0.25, 0.3) is 0 Å². The molecule has 3 rings (SSSR count). The van der Waals surface area contributed by atoms with Crippen LogP contribution in [0.5, 0.6) is 0 Å². The molecule has 0 amide bonds. The molecule has 0 N–H and O–H groups in total. The fraction of sp³-hybridized carbons (Fsp3) is 0.200. The SMILES string of the molecule is [O-][n+]1ccc2oc(CCOCc3ccccc3)nc2c1. The van der Waals surface area contributed by atoms with Crippen molar-refractivity contribution in [3.05, 3.63) is 65.5 Å². The Kier molecular flexibility index (Phi) is 3.60. The average Bonchev–Trinajstić information content (AvgIpc) is 2.86. The normalized spacial score (nSPS) is 11.0. The van der Waals surface area contributed by atoms with Crippen molar-refractivity contribution in [1.82, 2.24) is 4.98 Å². The summed E-state index contributed by atoms with van der Waals surface area (Å²) in [4.78, 5) is 4.25. The van der Waals surface area contributed by atoms with Crippen molar-refractivity contribution < 1.29 is 13.9 Å². The molecule has 5 heteroatoms. The van der Waals surface area contributed by atoms with E-state index in [1.54, 1.807) is 6.07 Å². The van der Waals surface area contributed by atoms with Gasteiger partial charge in [-0.05, 0) is 5.56 Å². The largest absolute Gasteiger partial charge is 0.619 e. The average molecular weight is 270 g/mol. The minimum Gasteiger partial charge on any atom is -0.619 e. The molecule has 0 aliphatic rings. The lowest BCUT2D eigenvalue weighted by Crippen LogP contribution is -2.23. The molecular formula is C15H14N2O3. The topological polar surface area (TPSA) is 62.2 Å². The van der Waals surface area contributed by atoms with E-state index >= 15 is 0 Å². The van der Waals surface area contributed by atoms with Crippen molar-refractivity contribution >= 4 is 11.1 Å². The van der Waals surface area contributed by atoms with E-state index in [2.05, 4.69) is 4.98 Å². The maximum absolute atomic E-state index is 11.1. The standard InChI is InChI=1S/C15H14N2O3/c18-17-8-6-14-13(10-17)16-15(20-14)7-9-19-11-12-4-2-1-3-5-12/h1-6,8,10H,7,9,11H2. The first-order valence-corrected chi connectivity index (χ1v) is 6.41. The van der Waals surface area contributed by atoms with Gasteiger partial charge in [-0.25, -0.2) is 4.98 Å². The Bertz CT molecular complexity index is 695. The van der Waals surface area contributed by atoms with E-state index in [1.807, 2.05) is 30.3 Å². The third kappa shape index (κ3) is 2.95. The number of pyridine rings is 1. The molecule has 0 spiro atoms. The Labute approximate surface area is 116 Å². The monoisotopic (exact) mass is 270 g/mol. The van der Waals surface area contributed by atoms with Crippen molar-refractivity contribution in [3.8, 4) is 0 Å². The third-order valence-corrected chi connectivity index (χ3v) is 2.92. The number of ether oxygens (including phenoxy) is 1. The third-order valence-electron chi connectivity index (χ3n) is 2.92. The van der Waals surface area contributed by atoms with E-state index in [-0.39, 0.29) is 0 Å². The molecule has 0 fully saturated rings. The molecule has 0 aliphatic heterocycles. The van der Waals surface area contributed by atoms with Crippen LogP contribution in [0.4, 0.5) is 0 Å². The van der Waals surface area contributed by atoms with E-state index in [0.717, 1.165) is 5.56 Å². The summed E-state index contributed by atoms with van der Waals surface area (Å²) in [5, 5.41) is 11.1. The van der Waals surface area contributed by atoms with E-state index < -0.39 is 0 Å². The molecule has 0 radical (unpaired) electrons. The summed E-state index contributed by atoms with van der Waals surface area (Å²) in [6, 6.07) is 11.6. The highest BCUT2D eigenvalue weighted by Crippen LogP contribution is 2.13. The Hall–Kier alpha value is -2.40. The number of rotatable bonds is 5. The van der Waals surface area contributed by atoms with E-state index in [0.29, 0.717) is 41.4 Å². The van der Waals surface area contributed by atoms with Gasteiger partial charge in [-0.2, -0.15) is 4.73 Å². The van der Waals surface area contributed by atoms with Crippen LogP contribution in [0.15, 0.2) is 53.2 Å². The summed E-state index contributed by atoms with van der Waals surface area (Å²) in [5.74, 6) is 0.583. The van der Waals surface area contributed by atoms with Gasteiger partial charge >= 0.3 is 0 Å². The molecule has 0 aliphatic carbocycles. The lowest BCUT2D eigenvalue weighted by molar-refractivity contribution is -0.604. The molecule has 1 aromatic carbocycles. The van der Waals surface area contributed by atoms with E-state index in [4.69, 9.17) is 9.15 Å². The molecule has 0 bridgehead atoms. The summed E-state index contributed by atoms with van der Waals surface area (Å²) in [6.45, 7) is 1.10. The summed E-state index contributed by atoms with van der Waals surface area (Å²) < 4.78 is 11.8. The van der Waals surface area contributed by atoms with Gasteiger partial charge < -0.3 is 14.4 Å². The zero-order valence-corrected chi connectivity index (χ0v) is 10.9. The maximum Gasteiger partial charge on any atom is 0.210 e. The summed E-state index contributed by atoms with van der Waals surface area (Å²) in [5.41, 5.74) is 2.33. The first kappa shape index (κ1) is 12.6. The fourth-order valence-corrected chi connectivity index (χ4v) is 1.94. The summed E-state index contributed by atoms with van der Waals surface area (Å²) >= 11 is 0. The maximum atomic E-state index is 11.1. The Morgan fingerprint density at radius 2 is 2.05 bits per heavy atom. The molecule has 0 saturated carbocycles. The molecule has 102 valence electrons. The minimum absolute atomic E-state index is 0.527. The predicted octanol–water partition coefficient (Wildman–Crippen LogP) is 2.22. The van der Waals surface area contributed by atoms with Gasteiger partial charge in [0.1, 0.15) is 0 Å². The first-order valence-electron chi connectivity index (χ1n) is 6.41. The van der Waals surface area contributed by atoms with Crippen LogP contribution >= 0.6 is 0 Å². The van der Waals surface area contributed by atoms with Crippen LogP contribution < -0.4 is 4.73 Å². The van der Waals surface area contributed by atoms with Gasteiger partial charge in [0.05, 0.1) is 13.2 Å². The highest BCUT2D eigenvalue weighted by atomic mass is 16.5. The van der Waals surface area contributed by atoms with Crippen molar-refractivity contribution in [2.24, 2.45) is 0 Å². The second-order valence-corrected chi connectivity index (χ2v) is 4.45. The molecule has 0 unspecified atom stereocenters. The van der Waals surface area contributed by atoms with Gasteiger partial charge in [0.15, 0.2) is 23.2 Å². The van der Waals surface area contributed by atoms with Gasteiger partial charge in [-0.15, -0.1) is 0 Å². The molecule has 3 aromatic rings. The number of nitrogens with zero attached hydrogens (tertiary/aromatic N) is 2. The predicted molar refractivity (Wildman–Crippen MR) is 72.8 cm³/mol. The van der Waals surface area contributed by atoms with Crippen molar-refractivity contribution in [1.29, 1.82) is 0 Å². The highest BCUT2D eigenvalue weighted by Gasteiger charge is 2.08. The van der Waals surface area contributed by atoms with Crippen LogP contribution in [0.2, 0.25) is 0 Å². The molecular weight excluding hydrogens is 256 g/mol. The Morgan fingerprint density at radius 3 is 2.90 bits per heavy atom. The quantitative estimate of drug-likeness (QED) is 0.405. The van der Waals surface area contributed by atoms with Crippen LogP contribution in [0.25, 0.3) is 11.1 Å². The molecule has 0 atom stereocenters. The number of hydrogen-bond acceptors (Lipinski definition) is 4. The second-order valence-electron chi connectivity index (χ2n) is 4.45. The number of benzene rings is 1. The summed E-state index contributed by atoms with van der Waals surface area (Å²) in [6.07, 6.45) is 3.37. The number of oxazole rings is 1. The number of hydrogen-bond donors (Lipinski definition) is 0. The number of fused-ring (bicyclic) bond motifs is 1. The van der Waals surface area contributed by atoms with Crippen LogP contribution in [0, 0.1) is 5.21 Å². The Balaban J connectivity index is 1.55. The molecule has 20 heavy (non-hydrogen) atoms. The Morgan fingerprint density at radius 1 is 1.20 bits per heavy atom. The molecule has 0 saturated heterocycles. The minimum atomic E-state index is 0.527. The molecule has 5 nitrogen and oxygen atoms in total. The first-order chi connectivity index (χ1) is 9.81. The zero-order chi connectivity index (χ0) is 13.8. The van der Waals surface area contributed by atoms with Crippen LogP contribution in [-0.2, 0) is 17.8 Å². The van der Waals surface area contributed by atoms with Gasteiger partial charge in [-0.1, -0.05) is 30.3 Å². The van der Waals surface area contributed by atoms with Gasteiger partial charge in [0.2, 0.25) is 6.20 Å². The van der Waals surface area contributed by atoms with Gasteiger partial charge in [-0.3, -0.25) is 0 Å². The smallest absolute Gasteiger partial charge is 0.210 e.